The molecule has 0 N–H and O–H groups in total. The Labute approximate surface area is 396 Å². The zero-order chi connectivity index (χ0) is 44.0. The van der Waals surface area contributed by atoms with E-state index >= 15 is 0 Å². The summed E-state index contributed by atoms with van der Waals surface area (Å²) < 4.78 is 11.6. The van der Waals surface area contributed by atoms with Crippen molar-refractivity contribution in [3.8, 4) is 33.8 Å². The Morgan fingerprint density at radius 2 is 0.905 bits per heavy atom. The number of rotatable bonds is 12. The number of hydrogen-bond acceptors (Lipinski definition) is 7. The molecule has 2 amide bonds. The highest BCUT2D eigenvalue weighted by Crippen LogP contribution is 2.50. The third-order valence-electron chi connectivity index (χ3n) is 13.1. The Kier molecular flexibility index (Phi) is 15.4. The molecule has 0 aromatic heterocycles. The summed E-state index contributed by atoms with van der Waals surface area (Å²) in [6.45, 7) is 7.50. The molecule has 0 atom stereocenters. The average molecular weight is 949 g/mol. The van der Waals surface area contributed by atoms with Crippen LogP contribution in [-0.2, 0) is 9.59 Å². The first-order valence-electron chi connectivity index (χ1n) is 22.1. The van der Waals surface area contributed by atoms with E-state index < -0.39 is 0 Å². The van der Waals surface area contributed by atoms with Crippen LogP contribution in [0.25, 0.3) is 34.4 Å². The maximum atomic E-state index is 13.6. The lowest BCUT2D eigenvalue weighted by Crippen LogP contribution is -2.45. The second-order valence-corrected chi connectivity index (χ2v) is 19.3. The fourth-order valence-corrected chi connectivity index (χ4v) is 11.8. The number of para-hydroxylation sites is 2. The molecule has 0 spiro atoms. The number of nitrogens with zero attached hydrogens (tertiary/aromatic N) is 4. The van der Waals surface area contributed by atoms with Gasteiger partial charge in [0.2, 0.25) is 11.8 Å². The highest BCUT2D eigenvalue weighted by Gasteiger charge is 2.30. The van der Waals surface area contributed by atoms with Crippen molar-refractivity contribution in [3.05, 3.63) is 104 Å². The molecule has 0 unspecified atom stereocenters. The van der Waals surface area contributed by atoms with Gasteiger partial charge in [-0.3, -0.25) is 9.59 Å². The van der Waals surface area contributed by atoms with Crippen molar-refractivity contribution in [1.29, 1.82) is 0 Å². The fraction of sp³-hybridized carbons (Fsp3) is 0.400. The summed E-state index contributed by atoms with van der Waals surface area (Å²) in [7, 11) is 3.25. The molecule has 0 aliphatic carbocycles. The van der Waals surface area contributed by atoms with Gasteiger partial charge in [-0.2, -0.15) is 0 Å². The minimum absolute atomic E-state index is 0.0605. The van der Waals surface area contributed by atoms with E-state index in [1.165, 1.54) is 37.4 Å². The number of carbonyl (C=O) groups is 2. The zero-order valence-corrected chi connectivity index (χ0v) is 39.7. The van der Waals surface area contributed by atoms with Gasteiger partial charge in [-0.15, -0.1) is 0 Å². The van der Waals surface area contributed by atoms with E-state index in [1.54, 1.807) is 38.5 Å². The van der Waals surface area contributed by atoms with Gasteiger partial charge in [-0.1, -0.05) is 94.6 Å². The van der Waals surface area contributed by atoms with Crippen molar-refractivity contribution >= 4 is 82.1 Å². The van der Waals surface area contributed by atoms with Crippen molar-refractivity contribution in [1.82, 2.24) is 19.6 Å². The lowest BCUT2D eigenvalue weighted by molar-refractivity contribution is -0.128. The Bertz CT molecular complexity index is 2200. The molecule has 8 nitrogen and oxygen atoms in total. The second kappa shape index (κ2) is 21.1. The molecule has 13 heteroatoms. The smallest absolute Gasteiger partial charge is 0.246 e. The number of amides is 2. The molecule has 332 valence electrons. The Morgan fingerprint density at radius 1 is 0.540 bits per heavy atom. The van der Waals surface area contributed by atoms with Crippen LogP contribution in [0.1, 0.15) is 62.5 Å². The third kappa shape index (κ3) is 10.3. The maximum absolute atomic E-state index is 13.6. The van der Waals surface area contributed by atoms with Gasteiger partial charge >= 0.3 is 0 Å². The van der Waals surface area contributed by atoms with Gasteiger partial charge in [-0.25, -0.2) is 0 Å². The SMILES string of the molecule is COc1ccccc1-c1cc(Sc2cc(-c3ccccc3OC)c(/C=C/C(=O)N3CCC(N4CCCC4)CC3)c(Cl)c2Cl)c(Cl)c(Cl)c1/C=C/C(=O)N1CCC(N2CCCC2)CC1. The van der Waals surface area contributed by atoms with Gasteiger partial charge in [-0.05, 0) is 125 Å². The molecular formula is C50H54Cl4N4O4S. The normalized spacial score (nSPS) is 18.3. The van der Waals surface area contributed by atoms with Crippen molar-refractivity contribution in [2.24, 2.45) is 0 Å². The number of ether oxygens (including phenoxy) is 2. The third-order valence-corrected chi connectivity index (χ3v) is 16.2. The van der Waals surface area contributed by atoms with Crippen molar-refractivity contribution in [3.63, 3.8) is 0 Å². The standard InChI is InChI=1S/C50H54Cl4N4O4S/c1-61-41-13-5-3-11-35(41)39-31-43(49(53)47(51)37(39)15-17-45(59)57-27-19-33(20-28-57)55-23-7-8-24-55)63-44-32-40(36-12-4-6-14-42(36)62-2)38(48(52)50(44)54)16-18-46(60)58-29-21-34(22-30-58)56-25-9-10-26-56/h3-6,11-18,31-34H,7-10,19-30H2,1-2H3/b17-15+,18-16+. The topological polar surface area (TPSA) is 65.6 Å². The summed E-state index contributed by atoms with van der Waals surface area (Å²) >= 11 is 30.1. The molecular weight excluding hydrogens is 894 g/mol. The lowest BCUT2D eigenvalue weighted by Gasteiger charge is -2.36. The molecule has 4 aromatic rings. The van der Waals surface area contributed by atoms with Crippen LogP contribution in [0.15, 0.2) is 82.6 Å². The minimum atomic E-state index is -0.0605. The summed E-state index contributed by atoms with van der Waals surface area (Å²) in [5, 5.41) is 1.17. The molecule has 8 rings (SSSR count). The number of methoxy groups -OCH3 is 2. The minimum Gasteiger partial charge on any atom is -0.496 e. The fourth-order valence-electron chi connectivity index (χ4n) is 9.64. The van der Waals surface area contributed by atoms with E-state index in [0.29, 0.717) is 54.5 Å². The molecule has 4 aliphatic heterocycles. The molecule has 4 aliphatic rings. The van der Waals surface area contributed by atoms with Gasteiger partial charge in [0.15, 0.2) is 0 Å². The van der Waals surface area contributed by atoms with Crippen LogP contribution >= 0.6 is 58.2 Å². The number of hydrogen-bond donors (Lipinski definition) is 0. The summed E-state index contributed by atoms with van der Waals surface area (Å²) in [5.74, 6) is 1.15. The van der Waals surface area contributed by atoms with Crippen LogP contribution in [0.3, 0.4) is 0 Å². The van der Waals surface area contributed by atoms with Crippen LogP contribution in [0.4, 0.5) is 0 Å². The first-order valence-corrected chi connectivity index (χ1v) is 24.4. The van der Waals surface area contributed by atoms with Gasteiger partial charge in [0, 0.05) is 82.5 Å². The van der Waals surface area contributed by atoms with E-state index in [0.717, 1.165) is 100 Å². The lowest BCUT2D eigenvalue weighted by atomic mass is 9.98. The monoisotopic (exact) mass is 946 g/mol. The molecule has 63 heavy (non-hydrogen) atoms. The molecule has 4 saturated heterocycles. The quantitative estimate of drug-likeness (QED) is 0.131. The van der Waals surface area contributed by atoms with E-state index in [-0.39, 0.29) is 21.9 Å². The zero-order valence-electron chi connectivity index (χ0n) is 35.9. The van der Waals surface area contributed by atoms with Gasteiger partial charge < -0.3 is 29.1 Å². The Hall–Kier alpha value is -3.67. The van der Waals surface area contributed by atoms with Crippen LogP contribution in [0.2, 0.25) is 20.1 Å². The van der Waals surface area contributed by atoms with E-state index in [1.807, 2.05) is 70.5 Å². The van der Waals surface area contributed by atoms with Gasteiger partial charge in [0.05, 0.1) is 34.3 Å². The summed E-state index contributed by atoms with van der Waals surface area (Å²) in [6.07, 6.45) is 15.7. The van der Waals surface area contributed by atoms with Gasteiger partial charge in [0.1, 0.15) is 11.5 Å². The first-order chi connectivity index (χ1) is 30.6. The number of piperidine rings is 2. The predicted molar refractivity (Wildman–Crippen MR) is 260 cm³/mol. The van der Waals surface area contributed by atoms with Crippen LogP contribution in [-0.4, -0.2) is 110 Å². The van der Waals surface area contributed by atoms with E-state index in [2.05, 4.69) is 9.80 Å². The highest BCUT2D eigenvalue weighted by atomic mass is 35.5. The number of carbonyl (C=O) groups excluding carboxylic acids is 2. The Balaban J connectivity index is 1.11. The molecule has 4 heterocycles. The van der Waals surface area contributed by atoms with Crippen LogP contribution < -0.4 is 9.47 Å². The number of likely N-dealkylation sites (tertiary alicyclic amines) is 4. The largest absolute Gasteiger partial charge is 0.496 e. The highest BCUT2D eigenvalue weighted by molar-refractivity contribution is 7.99. The van der Waals surface area contributed by atoms with E-state index in [4.69, 9.17) is 55.9 Å². The summed E-state index contributed by atoms with van der Waals surface area (Å²) in [6, 6.07) is 20.3. The number of benzene rings is 4. The van der Waals surface area contributed by atoms with Crippen molar-refractivity contribution < 1.29 is 19.1 Å². The summed E-state index contributed by atoms with van der Waals surface area (Å²) in [5.41, 5.74) is 4.22. The van der Waals surface area contributed by atoms with Crippen LogP contribution in [0, 0.1) is 0 Å². The summed E-state index contributed by atoms with van der Waals surface area (Å²) in [4.78, 5) is 37.5. The Morgan fingerprint density at radius 3 is 1.27 bits per heavy atom. The number of halogens is 4. The molecule has 0 bridgehead atoms. The van der Waals surface area contributed by atoms with Gasteiger partial charge in [0.25, 0.3) is 0 Å². The molecule has 0 saturated carbocycles. The van der Waals surface area contributed by atoms with Crippen LogP contribution in [0.5, 0.6) is 11.5 Å². The first kappa shape index (κ1) is 45.9. The molecule has 4 fully saturated rings. The van der Waals surface area contributed by atoms with Crippen molar-refractivity contribution in [2.75, 3.05) is 66.6 Å². The maximum Gasteiger partial charge on any atom is 0.246 e. The predicted octanol–water partition coefficient (Wildman–Crippen LogP) is 12.0. The van der Waals surface area contributed by atoms with E-state index in [9.17, 15) is 9.59 Å². The average Bonchev–Trinajstić information content (AvgIpc) is 4.08. The van der Waals surface area contributed by atoms with Crippen molar-refractivity contribution in [2.45, 2.75) is 73.2 Å². The second-order valence-electron chi connectivity index (χ2n) is 16.7. The molecule has 0 radical (unpaired) electrons. The molecule has 4 aromatic carbocycles.